The number of methoxy groups -OCH3 is 1. The molecule has 4 rings (SSSR count). The van der Waals surface area contributed by atoms with Gasteiger partial charge in [0.2, 0.25) is 0 Å². The molecule has 1 unspecified atom stereocenters. The number of para-hydroxylation sites is 1. The van der Waals surface area contributed by atoms with Gasteiger partial charge in [-0.3, -0.25) is 4.90 Å². The van der Waals surface area contributed by atoms with Gasteiger partial charge < -0.3 is 9.47 Å². The molecule has 0 bridgehead atoms. The van der Waals surface area contributed by atoms with Gasteiger partial charge in [0.1, 0.15) is 5.75 Å². The van der Waals surface area contributed by atoms with Crippen molar-refractivity contribution in [3.8, 4) is 11.4 Å². The topological polar surface area (TPSA) is 39.5 Å². The molecule has 0 N–H and O–H groups in total. The summed E-state index contributed by atoms with van der Waals surface area (Å²) in [6.07, 6.45) is 5.21. The van der Waals surface area contributed by atoms with Gasteiger partial charge in [0.05, 0.1) is 31.7 Å². The molecular weight excluding hydrogens is 338 g/mol. The van der Waals surface area contributed by atoms with Crippen LogP contribution in [0.4, 0.5) is 0 Å². The molecule has 0 spiro atoms. The lowest BCUT2D eigenvalue weighted by Gasteiger charge is -2.32. The second kappa shape index (κ2) is 8.37. The fourth-order valence-electron chi connectivity index (χ4n) is 3.49. The maximum atomic E-state index is 5.99. The molecule has 0 aliphatic carbocycles. The number of rotatable bonds is 6. The molecule has 1 aromatic heterocycles. The average Bonchev–Trinajstić information content (AvgIpc) is 3.18. The van der Waals surface area contributed by atoms with Crippen LogP contribution in [0.15, 0.2) is 67.0 Å². The Hall–Kier alpha value is -2.63. The van der Waals surface area contributed by atoms with E-state index in [9.17, 15) is 0 Å². The summed E-state index contributed by atoms with van der Waals surface area (Å²) in [5.41, 5.74) is 3.59. The number of aromatic nitrogens is 2. The van der Waals surface area contributed by atoms with E-state index in [1.165, 1.54) is 11.1 Å². The SMILES string of the molecule is COc1ccc(CC2CN(Cc3cnn(-c4ccccc4)c3)CCO2)cc1. The van der Waals surface area contributed by atoms with E-state index >= 15 is 0 Å². The lowest BCUT2D eigenvalue weighted by atomic mass is 10.1. The van der Waals surface area contributed by atoms with Crippen LogP contribution in [-0.2, 0) is 17.7 Å². The van der Waals surface area contributed by atoms with Gasteiger partial charge in [-0.25, -0.2) is 4.68 Å². The molecule has 1 fully saturated rings. The Kier molecular flexibility index (Phi) is 5.51. The highest BCUT2D eigenvalue weighted by molar-refractivity contribution is 5.31. The van der Waals surface area contributed by atoms with Gasteiger partial charge in [0.25, 0.3) is 0 Å². The Bertz CT molecular complexity index is 846. The summed E-state index contributed by atoms with van der Waals surface area (Å²) in [7, 11) is 1.69. The number of hydrogen-bond donors (Lipinski definition) is 0. The molecule has 0 radical (unpaired) electrons. The molecule has 1 aliphatic heterocycles. The molecule has 1 aliphatic rings. The zero-order chi connectivity index (χ0) is 18.5. The van der Waals surface area contributed by atoms with E-state index in [1.54, 1.807) is 7.11 Å². The second-order valence-corrected chi connectivity index (χ2v) is 6.91. The first-order chi connectivity index (χ1) is 13.3. The minimum absolute atomic E-state index is 0.219. The highest BCUT2D eigenvalue weighted by Crippen LogP contribution is 2.17. The van der Waals surface area contributed by atoms with Crippen LogP contribution in [-0.4, -0.2) is 47.6 Å². The lowest BCUT2D eigenvalue weighted by molar-refractivity contribution is -0.0305. The third-order valence-electron chi connectivity index (χ3n) is 4.91. The van der Waals surface area contributed by atoms with Crippen molar-refractivity contribution < 1.29 is 9.47 Å². The summed E-state index contributed by atoms with van der Waals surface area (Å²) < 4.78 is 13.2. The van der Waals surface area contributed by atoms with E-state index in [2.05, 4.69) is 40.5 Å². The van der Waals surface area contributed by atoms with Gasteiger partial charge >= 0.3 is 0 Å². The van der Waals surface area contributed by atoms with Crippen LogP contribution in [0.3, 0.4) is 0 Å². The number of hydrogen-bond acceptors (Lipinski definition) is 4. The third-order valence-corrected chi connectivity index (χ3v) is 4.91. The molecule has 140 valence electrons. The van der Waals surface area contributed by atoms with Crippen molar-refractivity contribution in [3.05, 3.63) is 78.1 Å². The third kappa shape index (κ3) is 4.56. The summed E-state index contributed by atoms with van der Waals surface area (Å²) in [6.45, 7) is 3.56. The highest BCUT2D eigenvalue weighted by Gasteiger charge is 2.21. The molecule has 27 heavy (non-hydrogen) atoms. The second-order valence-electron chi connectivity index (χ2n) is 6.91. The number of morpholine rings is 1. The van der Waals surface area contributed by atoms with Crippen molar-refractivity contribution in [2.75, 3.05) is 26.8 Å². The van der Waals surface area contributed by atoms with Crippen LogP contribution in [0, 0.1) is 0 Å². The zero-order valence-corrected chi connectivity index (χ0v) is 15.6. The minimum atomic E-state index is 0.219. The normalized spacial score (nSPS) is 17.7. The first kappa shape index (κ1) is 17.8. The summed E-state index contributed by atoms with van der Waals surface area (Å²) in [4.78, 5) is 2.45. The molecule has 0 saturated carbocycles. The summed E-state index contributed by atoms with van der Waals surface area (Å²) in [5, 5.41) is 4.50. The summed E-state index contributed by atoms with van der Waals surface area (Å²) in [5.74, 6) is 0.889. The monoisotopic (exact) mass is 363 g/mol. The molecular formula is C22H25N3O2. The fourth-order valence-corrected chi connectivity index (χ4v) is 3.49. The average molecular weight is 363 g/mol. The maximum Gasteiger partial charge on any atom is 0.118 e. The Morgan fingerprint density at radius 3 is 2.67 bits per heavy atom. The first-order valence-corrected chi connectivity index (χ1v) is 9.36. The van der Waals surface area contributed by atoms with Crippen LogP contribution in [0.1, 0.15) is 11.1 Å². The van der Waals surface area contributed by atoms with E-state index in [-0.39, 0.29) is 6.10 Å². The summed E-state index contributed by atoms with van der Waals surface area (Å²) in [6, 6.07) is 18.5. The van der Waals surface area contributed by atoms with Gasteiger partial charge in [0, 0.05) is 31.4 Å². The van der Waals surface area contributed by atoms with Crippen LogP contribution in [0.2, 0.25) is 0 Å². The fraction of sp³-hybridized carbons (Fsp3) is 0.318. The van der Waals surface area contributed by atoms with Gasteiger partial charge in [0.15, 0.2) is 0 Å². The van der Waals surface area contributed by atoms with Gasteiger partial charge in [-0.1, -0.05) is 30.3 Å². The molecule has 1 atom stereocenters. The van der Waals surface area contributed by atoms with Gasteiger partial charge in [-0.15, -0.1) is 0 Å². The molecule has 5 nitrogen and oxygen atoms in total. The molecule has 3 aromatic rings. The first-order valence-electron chi connectivity index (χ1n) is 9.36. The largest absolute Gasteiger partial charge is 0.497 e. The molecule has 5 heteroatoms. The Morgan fingerprint density at radius 2 is 1.89 bits per heavy atom. The molecule has 2 aromatic carbocycles. The van der Waals surface area contributed by atoms with Crippen LogP contribution in [0.5, 0.6) is 5.75 Å². The highest BCUT2D eigenvalue weighted by atomic mass is 16.5. The van der Waals surface area contributed by atoms with Crippen molar-refractivity contribution in [2.45, 2.75) is 19.1 Å². The van der Waals surface area contributed by atoms with Crippen LogP contribution in [0.25, 0.3) is 5.69 Å². The van der Waals surface area contributed by atoms with Crippen LogP contribution < -0.4 is 4.74 Å². The van der Waals surface area contributed by atoms with Gasteiger partial charge in [-0.2, -0.15) is 5.10 Å². The molecule has 1 saturated heterocycles. The predicted molar refractivity (Wildman–Crippen MR) is 105 cm³/mol. The summed E-state index contributed by atoms with van der Waals surface area (Å²) >= 11 is 0. The molecule has 0 amide bonds. The quantitative estimate of drug-likeness (QED) is 0.674. The number of ether oxygens (including phenoxy) is 2. The zero-order valence-electron chi connectivity index (χ0n) is 15.6. The van der Waals surface area contributed by atoms with E-state index < -0.39 is 0 Å². The van der Waals surface area contributed by atoms with Crippen molar-refractivity contribution >= 4 is 0 Å². The predicted octanol–water partition coefficient (Wildman–Crippen LogP) is 3.32. The Balaban J connectivity index is 1.35. The van der Waals surface area contributed by atoms with E-state index in [0.29, 0.717) is 0 Å². The minimum Gasteiger partial charge on any atom is -0.497 e. The smallest absolute Gasteiger partial charge is 0.118 e. The van der Waals surface area contributed by atoms with E-state index in [0.717, 1.165) is 44.1 Å². The standard InChI is InChI=1S/C22H25N3O2/c1-26-21-9-7-18(8-10-21)13-22-17-24(11-12-27-22)15-19-14-23-25(16-19)20-5-3-2-4-6-20/h2-10,14,16,22H,11-13,15,17H2,1H3. The number of nitrogens with zero attached hydrogens (tertiary/aromatic N) is 3. The Labute approximate surface area is 160 Å². The van der Waals surface area contributed by atoms with Gasteiger partial charge in [-0.05, 0) is 36.2 Å². The van der Waals surface area contributed by atoms with E-state index in [4.69, 9.17) is 9.47 Å². The number of benzene rings is 2. The maximum absolute atomic E-state index is 5.99. The van der Waals surface area contributed by atoms with E-state index in [1.807, 2.05) is 41.2 Å². The van der Waals surface area contributed by atoms with Crippen LogP contribution >= 0.6 is 0 Å². The Morgan fingerprint density at radius 1 is 1.07 bits per heavy atom. The van der Waals surface area contributed by atoms with Crippen molar-refractivity contribution in [1.29, 1.82) is 0 Å². The van der Waals surface area contributed by atoms with Crippen molar-refractivity contribution in [3.63, 3.8) is 0 Å². The lowest BCUT2D eigenvalue weighted by Crippen LogP contribution is -2.42. The molecule has 2 heterocycles. The van der Waals surface area contributed by atoms with Crippen molar-refractivity contribution in [2.24, 2.45) is 0 Å². The van der Waals surface area contributed by atoms with Crippen molar-refractivity contribution in [1.82, 2.24) is 14.7 Å².